The van der Waals surface area contributed by atoms with Gasteiger partial charge < -0.3 is 14.7 Å². The summed E-state index contributed by atoms with van der Waals surface area (Å²) in [5.74, 6) is 0. The van der Waals surface area contributed by atoms with Gasteiger partial charge in [0.25, 0.3) is 0 Å². The lowest BCUT2D eigenvalue weighted by molar-refractivity contribution is 0.0101. The van der Waals surface area contributed by atoms with Crippen LogP contribution in [0.5, 0.6) is 0 Å². The van der Waals surface area contributed by atoms with Gasteiger partial charge in [-0.3, -0.25) is 4.52 Å². The summed E-state index contributed by atoms with van der Waals surface area (Å²) >= 11 is 2.49. The Labute approximate surface area is 155 Å². The van der Waals surface area contributed by atoms with Crippen molar-refractivity contribution < 1.29 is 23.8 Å². The van der Waals surface area contributed by atoms with Crippen molar-refractivity contribution in [3.05, 3.63) is 0 Å². The number of aliphatic hydroxyl groups excluding tert-OH is 1. The highest BCUT2D eigenvalue weighted by atomic mass is 79.9. The summed E-state index contributed by atoms with van der Waals surface area (Å²) in [5.41, 5.74) is 0. The van der Waals surface area contributed by atoms with Crippen molar-refractivity contribution in [1.29, 1.82) is 0 Å². The quantitative estimate of drug-likeness (QED) is 0.219. The van der Waals surface area contributed by atoms with Crippen molar-refractivity contribution in [1.82, 2.24) is 0 Å². The zero-order chi connectivity index (χ0) is 18.1. The summed E-state index contributed by atoms with van der Waals surface area (Å²) in [6.45, 7) is 2.78. The zero-order valence-electron chi connectivity index (χ0n) is 15.1. The summed E-state index contributed by atoms with van der Waals surface area (Å²) in [6.07, 6.45) is 11.0. The third kappa shape index (κ3) is 20.6. The van der Waals surface area contributed by atoms with Gasteiger partial charge in [0.15, 0.2) is 0 Å². The van der Waals surface area contributed by atoms with Crippen LogP contribution < -0.4 is 0 Å². The standard InChI is InChI=1S/C17H36BrO5P/c1-2-3-4-5-6-7-8-9-10-11-12-13-14-22-15-17(19)16-23-24(18,20)21/h17,19H,2-16H2,1H3,(H,20,21). The molecule has 0 spiro atoms. The van der Waals surface area contributed by atoms with E-state index >= 15 is 0 Å². The maximum Gasteiger partial charge on any atom is 0.393 e. The molecule has 0 aromatic rings. The maximum absolute atomic E-state index is 10.8. The Bertz CT molecular complexity index is 311. The molecule has 0 amide bonds. The third-order valence-corrected chi connectivity index (χ3v) is 4.96. The second kappa shape index (κ2) is 17.0. The van der Waals surface area contributed by atoms with E-state index in [0.717, 1.165) is 12.8 Å². The smallest absolute Gasteiger partial charge is 0.388 e. The fourth-order valence-electron chi connectivity index (χ4n) is 2.49. The lowest BCUT2D eigenvalue weighted by Gasteiger charge is -2.12. The van der Waals surface area contributed by atoms with E-state index in [1.165, 1.54) is 64.2 Å². The largest absolute Gasteiger partial charge is 0.393 e. The Morgan fingerprint density at radius 3 is 1.79 bits per heavy atom. The van der Waals surface area contributed by atoms with Crippen molar-refractivity contribution in [2.45, 2.75) is 90.1 Å². The van der Waals surface area contributed by atoms with Crippen LogP contribution in [0.4, 0.5) is 0 Å². The molecule has 0 rings (SSSR count). The van der Waals surface area contributed by atoms with Gasteiger partial charge in [-0.2, -0.15) is 0 Å². The van der Waals surface area contributed by atoms with Crippen molar-refractivity contribution in [3.63, 3.8) is 0 Å². The lowest BCUT2D eigenvalue weighted by Crippen LogP contribution is -2.21. The molecule has 0 aromatic heterocycles. The molecule has 2 unspecified atom stereocenters. The number of hydrogen-bond acceptors (Lipinski definition) is 4. The number of aliphatic hydroxyl groups is 1. The molecule has 0 saturated carbocycles. The first-order valence-corrected chi connectivity index (χ1v) is 13.0. The molecular formula is C17H36BrO5P. The molecule has 146 valence electrons. The highest BCUT2D eigenvalue weighted by molar-refractivity contribution is 9.39. The van der Waals surface area contributed by atoms with Crippen LogP contribution in [-0.4, -0.2) is 35.9 Å². The van der Waals surface area contributed by atoms with E-state index < -0.39 is 12.4 Å². The summed E-state index contributed by atoms with van der Waals surface area (Å²) in [7, 11) is 0. The Balaban J connectivity index is 3.16. The van der Waals surface area contributed by atoms with Crippen molar-refractivity contribution in [3.8, 4) is 0 Å². The molecule has 0 saturated heterocycles. The molecule has 0 radical (unpaired) electrons. The molecule has 0 aliphatic rings. The van der Waals surface area contributed by atoms with E-state index in [1.807, 2.05) is 0 Å². The van der Waals surface area contributed by atoms with Crippen molar-refractivity contribution in [2.75, 3.05) is 19.8 Å². The molecule has 0 aliphatic heterocycles. The molecule has 0 heterocycles. The molecule has 2 N–H and O–H groups in total. The average molecular weight is 431 g/mol. The highest BCUT2D eigenvalue weighted by Crippen LogP contribution is 2.50. The second-order valence-corrected chi connectivity index (χ2v) is 10.2. The molecule has 5 nitrogen and oxygen atoms in total. The summed E-state index contributed by atoms with van der Waals surface area (Å²) in [5, 5.41) is 9.50. The minimum absolute atomic E-state index is 0.130. The van der Waals surface area contributed by atoms with E-state index in [4.69, 9.17) is 9.63 Å². The minimum atomic E-state index is -3.70. The first-order valence-electron chi connectivity index (χ1n) is 9.38. The normalized spacial score (nSPS) is 15.3. The van der Waals surface area contributed by atoms with Crippen LogP contribution in [-0.2, 0) is 13.8 Å². The molecule has 2 atom stereocenters. The van der Waals surface area contributed by atoms with Gasteiger partial charge in [-0.1, -0.05) is 77.6 Å². The zero-order valence-corrected chi connectivity index (χ0v) is 17.6. The topological polar surface area (TPSA) is 76.0 Å². The number of rotatable bonds is 18. The lowest BCUT2D eigenvalue weighted by atomic mass is 10.1. The summed E-state index contributed by atoms with van der Waals surface area (Å²) in [6, 6.07) is 0. The minimum Gasteiger partial charge on any atom is -0.388 e. The molecule has 0 fully saturated rings. The Kier molecular flexibility index (Phi) is 17.4. The highest BCUT2D eigenvalue weighted by Gasteiger charge is 2.16. The van der Waals surface area contributed by atoms with Crippen LogP contribution >= 0.6 is 21.8 Å². The van der Waals surface area contributed by atoms with Gasteiger partial charge in [0.05, 0.1) is 13.2 Å². The molecule has 0 aliphatic carbocycles. The van der Waals surface area contributed by atoms with Crippen LogP contribution in [0.3, 0.4) is 0 Å². The fourth-order valence-corrected chi connectivity index (χ4v) is 3.20. The SMILES string of the molecule is CCCCCCCCCCCCCCOCC(O)COP(=O)(O)Br. The Morgan fingerprint density at radius 1 is 0.875 bits per heavy atom. The predicted octanol–water partition coefficient (Wildman–Crippen LogP) is 5.58. The summed E-state index contributed by atoms with van der Waals surface area (Å²) in [4.78, 5) is 8.86. The van der Waals surface area contributed by atoms with Crippen LogP contribution in [0.15, 0.2) is 0 Å². The Hall–Kier alpha value is 0.550. The monoisotopic (exact) mass is 430 g/mol. The van der Waals surface area contributed by atoms with E-state index in [2.05, 4.69) is 26.9 Å². The second-order valence-electron chi connectivity index (χ2n) is 6.37. The van der Waals surface area contributed by atoms with Gasteiger partial charge >= 0.3 is 6.30 Å². The van der Waals surface area contributed by atoms with Gasteiger partial charge in [0, 0.05) is 22.1 Å². The average Bonchev–Trinajstić information content (AvgIpc) is 2.52. The van der Waals surface area contributed by atoms with Crippen molar-refractivity contribution in [2.24, 2.45) is 0 Å². The van der Waals surface area contributed by atoms with E-state index in [-0.39, 0.29) is 13.2 Å². The van der Waals surface area contributed by atoms with Gasteiger partial charge in [-0.05, 0) is 6.42 Å². The molecule has 24 heavy (non-hydrogen) atoms. The fraction of sp³-hybridized carbons (Fsp3) is 1.00. The van der Waals surface area contributed by atoms with Gasteiger partial charge in [0.2, 0.25) is 0 Å². The third-order valence-electron chi connectivity index (χ3n) is 3.88. The molecular weight excluding hydrogens is 395 g/mol. The van der Waals surface area contributed by atoms with Crippen LogP contribution in [0, 0.1) is 0 Å². The first-order chi connectivity index (χ1) is 11.5. The predicted molar refractivity (Wildman–Crippen MR) is 103 cm³/mol. The number of unbranched alkanes of at least 4 members (excludes halogenated alkanes) is 11. The molecule has 7 heteroatoms. The maximum atomic E-state index is 10.8. The number of hydrogen-bond donors (Lipinski definition) is 2. The van der Waals surface area contributed by atoms with Gasteiger partial charge in [-0.25, -0.2) is 4.57 Å². The molecule has 0 bridgehead atoms. The van der Waals surface area contributed by atoms with Crippen molar-refractivity contribution >= 4 is 21.8 Å². The summed E-state index contributed by atoms with van der Waals surface area (Å²) < 4.78 is 20.7. The van der Waals surface area contributed by atoms with Crippen LogP contribution in [0.25, 0.3) is 0 Å². The van der Waals surface area contributed by atoms with Crippen LogP contribution in [0.2, 0.25) is 0 Å². The van der Waals surface area contributed by atoms with E-state index in [0.29, 0.717) is 6.61 Å². The van der Waals surface area contributed by atoms with Gasteiger partial charge in [-0.15, -0.1) is 0 Å². The van der Waals surface area contributed by atoms with E-state index in [9.17, 15) is 9.67 Å². The number of ether oxygens (including phenoxy) is 1. The Morgan fingerprint density at radius 2 is 1.33 bits per heavy atom. The van der Waals surface area contributed by atoms with E-state index in [1.54, 1.807) is 0 Å². The van der Waals surface area contributed by atoms with Gasteiger partial charge in [0.1, 0.15) is 6.10 Å². The number of halogens is 1. The van der Waals surface area contributed by atoms with Crippen LogP contribution in [0.1, 0.15) is 84.0 Å². The first kappa shape index (κ1) is 24.6. The molecule has 0 aromatic carbocycles.